The largest absolute Gasteiger partial charge is 0.478 e. The molecule has 0 aromatic heterocycles. The van der Waals surface area contributed by atoms with E-state index in [1.165, 1.54) is 12.1 Å². The van der Waals surface area contributed by atoms with Crippen molar-refractivity contribution in [3.8, 4) is 0 Å². The van der Waals surface area contributed by atoms with E-state index >= 15 is 0 Å². The second-order valence-corrected chi connectivity index (χ2v) is 5.02. The Morgan fingerprint density at radius 3 is 2.56 bits per heavy atom. The minimum absolute atomic E-state index is 0.0132. The Labute approximate surface area is 111 Å². The van der Waals surface area contributed by atoms with Crippen molar-refractivity contribution in [2.24, 2.45) is 0 Å². The molecule has 18 heavy (non-hydrogen) atoms. The van der Waals surface area contributed by atoms with Crippen LogP contribution in [0.4, 0.5) is 8.78 Å². The van der Waals surface area contributed by atoms with E-state index in [1.807, 2.05) is 0 Å². The van der Waals surface area contributed by atoms with Crippen molar-refractivity contribution in [3.63, 3.8) is 0 Å². The first kappa shape index (κ1) is 13.4. The summed E-state index contributed by atoms with van der Waals surface area (Å²) in [6.45, 7) is 0.403. The molecule has 2 rings (SSSR count). The van der Waals surface area contributed by atoms with Gasteiger partial charge < -0.3 is 9.84 Å². The average molecular weight is 321 g/mol. The number of aromatic carboxylic acids is 1. The molecular weight excluding hydrogens is 310 g/mol. The minimum Gasteiger partial charge on any atom is -0.478 e. The van der Waals surface area contributed by atoms with Crippen LogP contribution < -0.4 is 0 Å². The van der Waals surface area contributed by atoms with Crippen LogP contribution in [0.15, 0.2) is 16.6 Å². The van der Waals surface area contributed by atoms with E-state index in [1.54, 1.807) is 0 Å². The average Bonchev–Trinajstić information content (AvgIpc) is 2.32. The number of ether oxygens (including phenoxy) is 1. The van der Waals surface area contributed by atoms with Crippen LogP contribution in [-0.2, 0) is 10.4 Å². The van der Waals surface area contributed by atoms with E-state index in [2.05, 4.69) is 15.9 Å². The lowest BCUT2D eigenvalue weighted by Gasteiger charge is -2.31. The number of carboxylic acids is 1. The first-order chi connectivity index (χ1) is 8.46. The number of carbonyl (C=O) groups is 1. The Balaban J connectivity index is 2.56. The Hall–Kier alpha value is -1.01. The van der Waals surface area contributed by atoms with Crippen molar-refractivity contribution in [2.45, 2.75) is 18.5 Å². The molecule has 1 heterocycles. The van der Waals surface area contributed by atoms with Crippen LogP contribution in [-0.4, -0.2) is 24.3 Å². The molecular formula is C12H11BrF2O3. The fraction of sp³-hybridized carbons (Fsp3) is 0.417. The second-order valence-electron chi connectivity index (χ2n) is 4.17. The van der Waals surface area contributed by atoms with Gasteiger partial charge in [0.1, 0.15) is 11.2 Å². The fourth-order valence-electron chi connectivity index (χ4n) is 2.10. The lowest BCUT2D eigenvalue weighted by atomic mass is 9.85. The van der Waals surface area contributed by atoms with Gasteiger partial charge in [0.05, 0.1) is 4.47 Å². The zero-order valence-corrected chi connectivity index (χ0v) is 11.0. The summed E-state index contributed by atoms with van der Waals surface area (Å²) in [5, 5.41) is 9.06. The predicted octanol–water partition coefficient (Wildman–Crippen LogP) is 3.26. The highest BCUT2D eigenvalue weighted by Crippen LogP contribution is 2.40. The molecule has 0 bridgehead atoms. The number of hydrogen-bond acceptors (Lipinski definition) is 2. The Bertz CT molecular complexity index is 484. The van der Waals surface area contributed by atoms with E-state index in [0.29, 0.717) is 0 Å². The number of benzene rings is 1. The molecule has 0 atom stereocenters. The van der Waals surface area contributed by atoms with Gasteiger partial charge in [-0.1, -0.05) is 6.07 Å². The fourth-order valence-corrected chi connectivity index (χ4v) is 2.43. The molecule has 98 valence electrons. The lowest BCUT2D eigenvalue weighted by molar-refractivity contribution is -0.0124. The standard InChI is InChI=1S/C12H11BrF2O3/c13-8-2-1-7(9(10(8)14)11(16)17)12(15)3-5-18-6-4-12/h1-2H,3-6H2,(H,16,17). The first-order valence-electron chi connectivity index (χ1n) is 5.44. The van der Waals surface area contributed by atoms with Crippen LogP contribution in [0.2, 0.25) is 0 Å². The van der Waals surface area contributed by atoms with Gasteiger partial charge in [-0.15, -0.1) is 0 Å². The molecule has 6 heteroatoms. The number of halogens is 3. The summed E-state index contributed by atoms with van der Waals surface area (Å²) < 4.78 is 33.6. The van der Waals surface area contributed by atoms with Crippen molar-refractivity contribution in [1.82, 2.24) is 0 Å². The van der Waals surface area contributed by atoms with Gasteiger partial charge in [0.25, 0.3) is 0 Å². The third-order valence-corrected chi connectivity index (χ3v) is 3.69. The van der Waals surface area contributed by atoms with Crippen LogP contribution in [0.5, 0.6) is 0 Å². The molecule has 0 amide bonds. The molecule has 1 aliphatic rings. The second kappa shape index (κ2) is 4.93. The van der Waals surface area contributed by atoms with Crippen LogP contribution in [0.25, 0.3) is 0 Å². The van der Waals surface area contributed by atoms with Crippen molar-refractivity contribution in [3.05, 3.63) is 33.5 Å². The van der Waals surface area contributed by atoms with Crippen molar-refractivity contribution < 1.29 is 23.4 Å². The maximum atomic E-state index is 14.7. The van der Waals surface area contributed by atoms with Gasteiger partial charge in [0, 0.05) is 31.6 Å². The summed E-state index contributed by atoms with van der Waals surface area (Å²) >= 11 is 2.90. The summed E-state index contributed by atoms with van der Waals surface area (Å²) in [7, 11) is 0. The summed E-state index contributed by atoms with van der Waals surface area (Å²) in [5.74, 6) is -2.41. The molecule has 0 aliphatic carbocycles. The van der Waals surface area contributed by atoms with Crippen molar-refractivity contribution in [2.75, 3.05) is 13.2 Å². The molecule has 1 aromatic carbocycles. The lowest BCUT2D eigenvalue weighted by Crippen LogP contribution is -2.31. The molecule has 1 saturated heterocycles. The molecule has 0 radical (unpaired) electrons. The van der Waals surface area contributed by atoms with E-state index in [0.717, 1.165) is 0 Å². The molecule has 1 fully saturated rings. The van der Waals surface area contributed by atoms with Gasteiger partial charge in [-0.05, 0) is 22.0 Å². The SMILES string of the molecule is O=C(O)c1c(C2(F)CCOCC2)ccc(Br)c1F. The number of alkyl halides is 1. The molecule has 1 N–H and O–H groups in total. The Kier molecular flexibility index (Phi) is 3.68. The molecule has 3 nitrogen and oxygen atoms in total. The van der Waals surface area contributed by atoms with Crippen molar-refractivity contribution >= 4 is 21.9 Å². The predicted molar refractivity (Wildman–Crippen MR) is 63.9 cm³/mol. The summed E-state index contributed by atoms with van der Waals surface area (Å²) in [6.07, 6.45) is 0.0721. The van der Waals surface area contributed by atoms with Gasteiger partial charge in [-0.2, -0.15) is 0 Å². The van der Waals surface area contributed by atoms with Gasteiger partial charge in [-0.25, -0.2) is 13.6 Å². The smallest absolute Gasteiger partial charge is 0.339 e. The monoisotopic (exact) mass is 320 g/mol. The van der Waals surface area contributed by atoms with Crippen LogP contribution >= 0.6 is 15.9 Å². The van der Waals surface area contributed by atoms with Gasteiger partial charge >= 0.3 is 5.97 Å². The van der Waals surface area contributed by atoms with Gasteiger partial charge in [0.2, 0.25) is 0 Å². The topological polar surface area (TPSA) is 46.5 Å². The highest BCUT2D eigenvalue weighted by Gasteiger charge is 2.39. The molecule has 1 aromatic rings. The van der Waals surface area contributed by atoms with E-state index in [9.17, 15) is 13.6 Å². The third kappa shape index (κ3) is 2.27. The van der Waals surface area contributed by atoms with E-state index in [-0.39, 0.29) is 36.1 Å². The zero-order valence-electron chi connectivity index (χ0n) is 9.38. The summed E-state index contributed by atoms with van der Waals surface area (Å²) in [4.78, 5) is 11.1. The quantitative estimate of drug-likeness (QED) is 0.909. The third-order valence-electron chi connectivity index (χ3n) is 3.08. The normalized spacial score (nSPS) is 18.6. The van der Waals surface area contributed by atoms with Gasteiger partial charge in [-0.3, -0.25) is 0 Å². The highest BCUT2D eigenvalue weighted by atomic mass is 79.9. The number of carboxylic acid groups (broad SMARTS) is 1. The molecule has 0 saturated carbocycles. The minimum atomic E-state index is -1.84. The summed E-state index contributed by atoms with van der Waals surface area (Å²) in [5.41, 5.74) is -2.55. The Morgan fingerprint density at radius 2 is 2.00 bits per heavy atom. The highest BCUT2D eigenvalue weighted by molar-refractivity contribution is 9.10. The maximum absolute atomic E-state index is 14.7. The zero-order chi connectivity index (χ0) is 13.3. The van der Waals surface area contributed by atoms with E-state index < -0.39 is 23.0 Å². The number of hydrogen-bond donors (Lipinski definition) is 1. The van der Waals surface area contributed by atoms with Crippen molar-refractivity contribution in [1.29, 1.82) is 0 Å². The molecule has 0 spiro atoms. The van der Waals surface area contributed by atoms with Crippen LogP contribution in [0, 0.1) is 5.82 Å². The van der Waals surface area contributed by atoms with Crippen LogP contribution in [0.3, 0.4) is 0 Å². The summed E-state index contributed by atoms with van der Waals surface area (Å²) in [6, 6.07) is 2.65. The maximum Gasteiger partial charge on any atom is 0.339 e. The van der Waals surface area contributed by atoms with Gasteiger partial charge in [0.15, 0.2) is 5.82 Å². The molecule has 1 aliphatic heterocycles. The first-order valence-corrected chi connectivity index (χ1v) is 6.23. The van der Waals surface area contributed by atoms with E-state index in [4.69, 9.17) is 9.84 Å². The van der Waals surface area contributed by atoms with Crippen LogP contribution in [0.1, 0.15) is 28.8 Å². The Morgan fingerprint density at radius 1 is 1.39 bits per heavy atom. The number of rotatable bonds is 2. The molecule has 0 unspecified atom stereocenters.